The summed E-state index contributed by atoms with van der Waals surface area (Å²) in [7, 11) is -0.166. The van der Waals surface area contributed by atoms with Gasteiger partial charge < -0.3 is 19.4 Å². The number of hydrazine groups is 2. The Morgan fingerprint density at radius 2 is 1.87 bits per heavy atom. The molecule has 1 saturated carbocycles. The summed E-state index contributed by atoms with van der Waals surface area (Å²) < 4.78 is 40.7. The Balaban J connectivity index is 1.40. The number of unbranched alkanes of at least 4 members (excludes halogenated alkanes) is 1. The smallest absolute Gasteiger partial charge is 0.255 e. The fourth-order valence-electron chi connectivity index (χ4n) is 5.47. The van der Waals surface area contributed by atoms with Crippen molar-refractivity contribution in [2.75, 3.05) is 35.0 Å². The number of carbonyl (C=O) groups is 1. The van der Waals surface area contributed by atoms with Crippen molar-refractivity contribution in [1.29, 1.82) is 0 Å². The van der Waals surface area contributed by atoms with Crippen molar-refractivity contribution in [2.45, 2.75) is 71.3 Å². The van der Waals surface area contributed by atoms with Crippen LogP contribution < -0.4 is 30.7 Å². The molecular formula is C33H45N7O5S. The molecule has 0 spiro atoms. The van der Waals surface area contributed by atoms with E-state index in [4.69, 9.17) is 14.5 Å². The largest absolute Gasteiger partial charge is 0.492 e. The number of nitrogens with zero attached hydrogens (tertiary/aromatic N) is 3. The molecule has 5 rings (SSSR count). The van der Waals surface area contributed by atoms with Gasteiger partial charge in [-0.05, 0) is 67.0 Å². The molecular weight excluding hydrogens is 606 g/mol. The summed E-state index contributed by atoms with van der Waals surface area (Å²) >= 11 is 0. The van der Waals surface area contributed by atoms with Crippen LogP contribution in [0.4, 0.5) is 17.1 Å². The molecule has 12 nitrogen and oxygen atoms in total. The van der Waals surface area contributed by atoms with Crippen molar-refractivity contribution in [2.24, 2.45) is 7.05 Å². The zero-order chi connectivity index (χ0) is 33.4. The van der Waals surface area contributed by atoms with Crippen LogP contribution in [0.2, 0.25) is 0 Å². The summed E-state index contributed by atoms with van der Waals surface area (Å²) in [6, 6.07) is 8.96. The lowest BCUT2D eigenvalue weighted by atomic mass is 9.86. The molecule has 1 amide bonds. The zero-order valence-corrected chi connectivity index (χ0v) is 28.7. The van der Waals surface area contributed by atoms with Crippen LogP contribution in [-0.2, 0) is 32.8 Å². The minimum Gasteiger partial charge on any atom is -0.492 e. The van der Waals surface area contributed by atoms with Crippen LogP contribution in [0.5, 0.6) is 5.75 Å². The number of nitrogens with one attached hydrogen (secondary N) is 4. The number of amides is 1. The van der Waals surface area contributed by atoms with E-state index in [0.717, 1.165) is 72.6 Å². The summed E-state index contributed by atoms with van der Waals surface area (Å²) in [5.41, 5.74) is 11.1. The van der Waals surface area contributed by atoms with Crippen LogP contribution in [0, 0.1) is 6.92 Å². The molecule has 2 aliphatic rings. The van der Waals surface area contributed by atoms with Crippen LogP contribution in [0.3, 0.4) is 0 Å². The Kier molecular flexibility index (Phi) is 9.13. The zero-order valence-electron chi connectivity index (χ0n) is 27.9. The van der Waals surface area contributed by atoms with Gasteiger partial charge in [-0.25, -0.2) is 13.4 Å². The molecule has 3 aromatic rings. The molecule has 0 atom stereocenters. The van der Waals surface area contributed by atoms with E-state index in [0.29, 0.717) is 11.3 Å². The summed E-state index contributed by atoms with van der Waals surface area (Å²) in [6.07, 6.45) is 8.90. The molecule has 1 aliphatic heterocycles. The molecule has 1 aliphatic carbocycles. The van der Waals surface area contributed by atoms with E-state index in [1.54, 1.807) is 18.2 Å². The predicted octanol–water partition coefficient (Wildman–Crippen LogP) is 5.29. The highest BCUT2D eigenvalue weighted by molar-refractivity contribution is 7.92. The molecule has 0 radical (unpaired) electrons. The molecule has 0 saturated heterocycles. The molecule has 248 valence electrons. The van der Waals surface area contributed by atoms with Gasteiger partial charge >= 0.3 is 0 Å². The number of ether oxygens (including phenoxy) is 2. The van der Waals surface area contributed by atoms with Gasteiger partial charge in [0.2, 0.25) is 10.0 Å². The molecule has 2 aromatic carbocycles. The van der Waals surface area contributed by atoms with E-state index >= 15 is 0 Å². The second-order valence-corrected chi connectivity index (χ2v) is 14.8. The summed E-state index contributed by atoms with van der Waals surface area (Å²) in [5.74, 6) is 0.771. The van der Waals surface area contributed by atoms with E-state index in [1.807, 2.05) is 64.3 Å². The van der Waals surface area contributed by atoms with Crippen LogP contribution in [0.15, 0.2) is 42.7 Å². The summed E-state index contributed by atoms with van der Waals surface area (Å²) in [4.78, 5) is 18.4. The maximum Gasteiger partial charge on any atom is 0.255 e. The number of imidazole rings is 1. The van der Waals surface area contributed by atoms with Crippen LogP contribution in [0.25, 0.3) is 5.70 Å². The number of anilines is 3. The Bertz CT molecular complexity index is 1770. The topological polar surface area (TPSA) is 139 Å². The van der Waals surface area contributed by atoms with Crippen molar-refractivity contribution in [3.05, 3.63) is 70.9 Å². The third-order valence-corrected chi connectivity index (χ3v) is 8.85. The molecule has 1 aromatic heterocycles. The van der Waals surface area contributed by atoms with Gasteiger partial charge in [-0.3, -0.25) is 20.0 Å². The fourth-order valence-corrected chi connectivity index (χ4v) is 6.02. The highest BCUT2D eigenvalue weighted by atomic mass is 32.2. The van der Waals surface area contributed by atoms with Crippen LogP contribution in [-0.4, -0.2) is 43.8 Å². The number of rotatable bonds is 12. The summed E-state index contributed by atoms with van der Waals surface area (Å²) in [5, 5.41) is 4.77. The molecule has 0 bridgehead atoms. The third-order valence-electron chi connectivity index (χ3n) is 8.25. The first kappa shape index (κ1) is 33.3. The Labute approximate surface area is 271 Å². The number of methoxy groups -OCH3 is 1. The van der Waals surface area contributed by atoms with Crippen molar-refractivity contribution in [3.8, 4) is 5.75 Å². The Hall–Kier alpha value is -4.07. The lowest BCUT2D eigenvalue weighted by molar-refractivity contribution is 0.0203. The number of carbonyl (C=O) groups excluding carboxylic acids is 1. The fraction of sp³-hybridized carbons (Fsp3) is 0.455. The van der Waals surface area contributed by atoms with E-state index in [-0.39, 0.29) is 28.4 Å². The van der Waals surface area contributed by atoms with E-state index in [9.17, 15) is 13.2 Å². The number of sulfonamides is 1. The highest BCUT2D eigenvalue weighted by Crippen LogP contribution is 2.49. The van der Waals surface area contributed by atoms with Gasteiger partial charge in [0.1, 0.15) is 11.4 Å². The van der Waals surface area contributed by atoms with Gasteiger partial charge in [-0.15, -0.1) is 5.53 Å². The van der Waals surface area contributed by atoms with Gasteiger partial charge in [0.05, 0.1) is 54.2 Å². The van der Waals surface area contributed by atoms with Crippen molar-refractivity contribution < 1.29 is 22.7 Å². The molecule has 13 heteroatoms. The standard InChI is InChI=1S/C33H45N7O5S/c1-9-10-15-45-33(13-14-33)31-34-19-28(39(31)6)26-20-40(38-36-26)27-16-22(12-11-21(27)2)30(41)35-24-17-23(32(3,4)5)18-25(29(24)44-7)37-46(8,42)43/h11-12,16-20,36-38H,9-10,13-15H2,1-8H3,(H,35,41). The van der Waals surface area contributed by atoms with E-state index in [1.165, 1.54) is 7.11 Å². The lowest BCUT2D eigenvalue weighted by Crippen LogP contribution is -2.36. The number of hydrogen-bond acceptors (Lipinski definition) is 9. The van der Waals surface area contributed by atoms with Gasteiger partial charge in [-0.2, -0.15) is 0 Å². The number of aryl methyl sites for hydroxylation is 1. The van der Waals surface area contributed by atoms with Gasteiger partial charge in [-0.1, -0.05) is 40.2 Å². The molecule has 2 heterocycles. The number of hydrogen-bond donors (Lipinski definition) is 4. The second kappa shape index (κ2) is 12.6. The third kappa shape index (κ3) is 7.01. The van der Waals surface area contributed by atoms with Crippen molar-refractivity contribution in [1.82, 2.24) is 20.5 Å². The number of aromatic nitrogens is 2. The van der Waals surface area contributed by atoms with E-state index in [2.05, 4.69) is 32.5 Å². The molecule has 0 unspecified atom stereocenters. The number of benzene rings is 2. The van der Waals surface area contributed by atoms with Crippen LogP contribution in [0.1, 0.15) is 86.4 Å². The van der Waals surface area contributed by atoms with Crippen molar-refractivity contribution >= 4 is 38.7 Å². The van der Waals surface area contributed by atoms with Gasteiger partial charge in [0.25, 0.3) is 5.91 Å². The second-order valence-electron chi connectivity index (χ2n) is 13.1. The minimum absolute atomic E-state index is 0.219. The van der Waals surface area contributed by atoms with Crippen LogP contribution >= 0.6 is 0 Å². The first-order chi connectivity index (χ1) is 21.7. The summed E-state index contributed by atoms with van der Waals surface area (Å²) in [6.45, 7) is 10.9. The first-order valence-corrected chi connectivity index (χ1v) is 17.4. The first-order valence-electron chi connectivity index (χ1n) is 15.5. The van der Waals surface area contributed by atoms with Gasteiger partial charge in [0.15, 0.2) is 5.75 Å². The average molecular weight is 652 g/mol. The Morgan fingerprint density at radius 1 is 1.15 bits per heavy atom. The maximum absolute atomic E-state index is 13.6. The Morgan fingerprint density at radius 3 is 2.50 bits per heavy atom. The van der Waals surface area contributed by atoms with E-state index < -0.39 is 10.0 Å². The lowest BCUT2D eigenvalue weighted by Gasteiger charge is -2.24. The van der Waals surface area contributed by atoms with Crippen molar-refractivity contribution in [3.63, 3.8) is 0 Å². The van der Waals surface area contributed by atoms with Gasteiger partial charge in [0, 0.05) is 19.2 Å². The molecule has 1 fully saturated rings. The molecule has 46 heavy (non-hydrogen) atoms. The minimum atomic E-state index is -3.60. The monoisotopic (exact) mass is 651 g/mol. The highest BCUT2D eigenvalue weighted by Gasteiger charge is 2.49. The SMILES string of the molecule is CCCCOC1(c2ncc(C3=CN(c4cc(C(=O)Nc5cc(C(C)(C)C)cc(NS(C)(=O)=O)c5OC)ccc4C)NN3)n2C)CC1. The molecule has 4 N–H and O–H groups in total. The maximum atomic E-state index is 13.6. The quantitative estimate of drug-likeness (QED) is 0.192. The normalized spacial score (nSPS) is 15.7. The predicted molar refractivity (Wildman–Crippen MR) is 181 cm³/mol. The average Bonchev–Trinajstić information content (AvgIpc) is 3.40.